The summed E-state index contributed by atoms with van der Waals surface area (Å²) >= 11 is 6.16. The van der Waals surface area contributed by atoms with Gasteiger partial charge in [-0.25, -0.2) is 0 Å². The van der Waals surface area contributed by atoms with Crippen molar-refractivity contribution in [2.45, 2.75) is 81.7 Å². The number of likely N-dealkylation sites (tertiary alicyclic amines) is 4. The molecule has 2 aromatic carbocycles. The second-order valence-corrected chi connectivity index (χ2v) is 14.8. The summed E-state index contributed by atoms with van der Waals surface area (Å²) in [5.41, 5.74) is 12.3. The molecule has 268 valence electrons. The number of likely N-dealkylation sites (N-methyl/N-ethyl adjacent to an activating group) is 1. The van der Waals surface area contributed by atoms with Gasteiger partial charge in [0.1, 0.15) is 0 Å². The number of hydrogen-bond acceptors (Lipinski definition) is 7. The molecule has 4 aliphatic heterocycles. The Balaban J connectivity index is 1.08. The summed E-state index contributed by atoms with van der Waals surface area (Å²) in [7, 11) is 2.18. The fourth-order valence-corrected chi connectivity index (χ4v) is 8.67. The predicted octanol–water partition coefficient (Wildman–Crippen LogP) is 4.27. The fraction of sp³-hybridized carbons (Fsp3) is 0.611. The SMILES string of the molecule is CN1CC2CC1CN2C1CCN(C(=O)[C@H](CC(=O)N2CCC(NCCc3ccccc3N)CC2)Cc2cc(Cl)c(N)c(C(F)(F)F)c2)CC1. The molecule has 2 unspecified atom stereocenters. The van der Waals surface area contributed by atoms with Crippen molar-refractivity contribution in [3.05, 3.63) is 58.1 Å². The number of nitrogens with two attached hydrogens (primary N) is 2. The number of amides is 2. The Morgan fingerprint density at radius 3 is 2.29 bits per heavy atom. The number of benzene rings is 2. The predicted molar refractivity (Wildman–Crippen MR) is 186 cm³/mol. The van der Waals surface area contributed by atoms with E-state index in [0.29, 0.717) is 44.3 Å². The normalized spacial score (nSPS) is 23.4. The van der Waals surface area contributed by atoms with Crippen LogP contribution < -0.4 is 16.8 Å². The minimum Gasteiger partial charge on any atom is -0.399 e. The van der Waals surface area contributed by atoms with Crippen LogP contribution in [0.5, 0.6) is 0 Å². The zero-order chi connectivity index (χ0) is 34.9. The highest BCUT2D eigenvalue weighted by Crippen LogP contribution is 2.39. The van der Waals surface area contributed by atoms with Crippen molar-refractivity contribution in [3.63, 3.8) is 0 Å². The molecule has 0 spiro atoms. The van der Waals surface area contributed by atoms with Crippen molar-refractivity contribution in [2.75, 3.05) is 64.3 Å². The van der Waals surface area contributed by atoms with Gasteiger partial charge in [0, 0.05) is 75.5 Å². The number of para-hydroxylation sites is 1. The highest BCUT2D eigenvalue weighted by atomic mass is 35.5. The van der Waals surface area contributed by atoms with Crippen LogP contribution >= 0.6 is 11.6 Å². The third kappa shape index (κ3) is 8.30. The van der Waals surface area contributed by atoms with Gasteiger partial charge in [-0.1, -0.05) is 29.8 Å². The maximum Gasteiger partial charge on any atom is 0.418 e. The number of piperidine rings is 2. The van der Waals surface area contributed by atoms with Crippen molar-refractivity contribution in [2.24, 2.45) is 5.92 Å². The first-order chi connectivity index (χ1) is 23.4. The zero-order valence-corrected chi connectivity index (χ0v) is 29.0. The van der Waals surface area contributed by atoms with Crippen molar-refractivity contribution in [3.8, 4) is 0 Å². The molecule has 4 aliphatic rings. The van der Waals surface area contributed by atoms with Crippen molar-refractivity contribution >= 4 is 34.8 Å². The van der Waals surface area contributed by atoms with Crippen LogP contribution in [-0.2, 0) is 28.6 Å². The lowest BCUT2D eigenvalue weighted by Gasteiger charge is -2.42. The molecule has 2 bridgehead atoms. The highest BCUT2D eigenvalue weighted by molar-refractivity contribution is 6.33. The molecule has 5 N–H and O–H groups in total. The number of nitrogens with one attached hydrogen (secondary N) is 1. The van der Waals surface area contributed by atoms with Crippen LogP contribution in [0.3, 0.4) is 0 Å². The lowest BCUT2D eigenvalue weighted by molar-refractivity contribution is -0.143. The van der Waals surface area contributed by atoms with E-state index in [1.54, 1.807) is 4.90 Å². The van der Waals surface area contributed by atoms with Gasteiger partial charge in [-0.3, -0.25) is 14.5 Å². The molecule has 2 aromatic rings. The number of piperazine rings is 1. The van der Waals surface area contributed by atoms with E-state index in [1.165, 1.54) is 12.5 Å². The van der Waals surface area contributed by atoms with E-state index >= 15 is 0 Å². The molecule has 0 radical (unpaired) electrons. The maximum atomic E-state index is 14.1. The monoisotopic (exact) mass is 703 g/mol. The van der Waals surface area contributed by atoms with Crippen LogP contribution in [0.4, 0.5) is 24.5 Å². The summed E-state index contributed by atoms with van der Waals surface area (Å²) in [5.74, 6) is -1.15. The molecule has 0 aromatic heterocycles. The second-order valence-electron chi connectivity index (χ2n) is 14.4. The quantitative estimate of drug-likeness (QED) is 0.317. The number of rotatable bonds is 10. The topological polar surface area (TPSA) is 111 Å². The summed E-state index contributed by atoms with van der Waals surface area (Å²) < 4.78 is 41.4. The summed E-state index contributed by atoms with van der Waals surface area (Å²) in [6.45, 7) is 5.16. The molecule has 49 heavy (non-hydrogen) atoms. The van der Waals surface area contributed by atoms with Crippen LogP contribution in [0.25, 0.3) is 0 Å². The van der Waals surface area contributed by atoms with E-state index in [9.17, 15) is 22.8 Å². The van der Waals surface area contributed by atoms with Gasteiger partial charge in [0.05, 0.1) is 22.2 Å². The summed E-state index contributed by atoms with van der Waals surface area (Å²) in [6.07, 6.45) is 0.459. The van der Waals surface area contributed by atoms with E-state index < -0.39 is 23.3 Å². The van der Waals surface area contributed by atoms with E-state index in [0.717, 1.165) is 69.1 Å². The van der Waals surface area contributed by atoms with Gasteiger partial charge in [-0.05, 0) is 87.9 Å². The third-order valence-corrected chi connectivity index (χ3v) is 11.6. The van der Waals surface area contributed by atoms with Crippen LogP contribution in [0.1, 0.15) is 55.2 Å². The molecule has 4 saturated heterocycles. The van der Waals surface area contributed by atoms with Gasteiger partial charge in [0.15, 0.2) is 0 Å². The smallest absolute Gasteiger partial charge is 0.399 e. The number of nitrogens with zero attached hydrogens (tertiary/aromatic N) is 4. The maximum absolute atomic E-state index is 14.1. The average molecular weight is 704 g/mol. The molecule has 2 amide bonds. The van der Waals surface area contributed by atoms with Crippen LogP contribution in [0.15, 0.2) is 36.4 Å². The average Bonchev–Trinajstić information content (AvgIpc) is 3.66. The summed E-state index contributed by atoms with van der Waals surface area (Å²) in [6, 6.07) is 12.0. The Hall–Kier alpha value is -3.06. The molecule has 6 rings (SSSR count). The number of carbonyl (C=O) groups is 2. The molecule has 0 aliphatic carbocycles. The molecular formula is C36H49ClF3N7O2. The lowest BCUT2D eigenvalue weighted by atomic mass is 9.91. The number of fused-ring (bicyclic) bond motifs is 2. The molecule has 13 heteroatoms. The molecule has 9 nitrogen and oxygen atoms in total. The Bertz CT molecular complexity index is 1490. The minimum atomic E-state index is -4.70. The number of nitrogen functional groups attached to an aromatic ring is 2. The first-order valence-corrected chi connectivity index (χ1v) is 18.0. The summed E-state index contributed by atoms with van der Waals surface area (Å²) in [4.78, 5) is 36.4. The third-order valence-electron chi connectivity index (χ3n) is 11.3. The standard InChI is InChI=1S/C36H49ClF3N7O2/c1-44-21-29-20-28(44)22-47(29)27-9-14-46(15-10-27)35(49)25(16-23-17-30(36(38,39)40)34(42)31(37)18-23)19-33(48)45-12-7-26(8-13-45)43-11-6-24-4-2-3-5-32(24)41/h2-5,17-18,25-29,43H,6-16,19-22,41-42H2,1H3/t25-,28?,29?/m0/s1. The van der Waals surface area contributed by atoms with Crippen molar-refractivity contribution < 1.29 is 22.8 Å². The van der Waals surface area contributed by atoms with Crippen molar-refractivity contribution in [1.29, 1.82) is 0 Å². The van der Waals surface area contributed by atoms with E-state index in [-0.39, 0.29) is 41.3 Å². The van der Waals surface area contributed by atoms with Crippen LogP contribution in [0.2, 0.25) is 5.02 Å². The molecular weight excluding hydrogens is 655 g/mol. The van der Waals surface area contributed by atoms with Gasteiger partial charge in [0.2, 0.25) is 11.8 Å². The lowest BCUT2D eigenvalue weighted by Crippen LogP contribution is -2.54. The van der Waals surface area contributed by atoms with Crippen LogP contribution in [-0.4, -0.2) is 108 Å². The second kappa shape index (κ2) is 15.0. The van der Waals surface area contributed by atoms with E-state index in [1.807, 2.05) is 29.2 Å². The highest BCUT2D eigenvalue weighted by Gasteiger charge is 2.45. The minimum absolute atomic E-state index is 0.0313. The van der Waals surface area contributed by atoms with Crippen molar-refractivity contribution in [1.82, 2.24) is 24.9 Å². The Morgan fingerprint density at radius 1 is 0.959 bits per heavy atom. The van der Waals surface area contributed by atoms with Crippen LogP contribution in [0, 0.1) is 5.92 Å². The number of alkyl halides is 3. The van der Waals surface area contributed by atoms with Gasteiger partial charge in [0.25, 0.3) is 0 Å². The number of anilines is 2. The summed E-state index contributed by atoms with van der Waals surface area (Å²) in [5, 5.41) is 3.37. The van der Waals surface area contributed by atoms with E-state index in [2.05, 4.69) is 22.2 Å². The fourth-order valence-electron chi connectivity index (χ4n) is 8.42. The van der Waals surface area contributed by atoms with Gasteiger partial charge >= 0.3 is 6.18 Å². The number of hydrogen-bond donors (Lipinski definition) is 3. The first-order valence-electron chi connectivity index (χ1n) is 17.6. The van der Waals surface area contributed by atoms with Gasteiger partial charge < -0.3 is 31.5 Å². The first kappa shape index (κ1) is 35.8. The Morgan fingerprint density at radius 2 is 1.65 bits per heavy atom. The van der Waals surface area contributed by atoms with E-state index in [4.69, 9.17) is 23.1 Å². The molecule has 4 heterocycles. The number of halogens is 4. The number of carbonyl (C=O) groups excluding carboxylic acids is 2. The Labute approximate surface area is 292 Å². The van der Waals surface area contributed by atoms with Gasteiger partial charge in [-0.2, -0.15) is 13.2 Å². The Kier molecular flexibility index (Phi) is 11.0. The molecule has 3 atom stereocenters. The molecule has 0 saturated carbocycles. The largest absolute Gasteiger partial charge is 0.418 e. The van der Waals surface area contributed by atoms with Gasteiger partial charge in [-0.15, -0.1) is 0 Å². The molecule has 4 fully saturated rings. The zero-order valence-electron chi connectivity index (χ0n) is 28.2.